The molecule has 0 radical (unpaired) electrons. The molecule has 1 atom stereocenters. The molecule has 0 aliphatic heterocycles. The Morgan fingerprint density at radius 2 is 2.09 bits per heavy atom. The molecule has 23 heavy (non-hydrogen) atoms. The second-order valence-corrected chi connectivity index (χ2v) is 6.01. The number of carbonyl (C=O) groups is 1. The van der Waals surface area contributed by atoms with Crippen LogP contribution in [0, 0.1) is 17.1 Å². The first-order valence-electron chi connectivity index (χ1n) is 7.01. The first kappa shape index (κ1) is 17.0. The van der Waals surface area contributed by atoms with E-state index in [9.17, 15) is 9.18 Å². The highest BCUT2D eigenvalue weighted by molar-refractivity contribution is 7.99. The highest BCUT2D eigenvalue weighted by Gasteiger charge is 2.17. The maximum atomic E-state index is 13.0. The monoisotopic (exact) mass is 329 g/mol. The third kappa shape index (κ3) is 4.54. The molecule has 0 spiro atoms. The van der Waals surface area contributed by atoms with Crippen LogP contribution in [-0.2, 0) is 4.79 Å². The molecule has 118 valence electrons. The molecule has 2 rings (SSSR count). The summed E-state index contributed by atoms with van der Waals surface area (Å²) >= 11 is 1.29. The summed E-state index contributed by atoms with van der Waals surface area (Å²) in [6.07, 6.45) is 1.55. The first-order valence-corrected chi connectivity index (χ1v) is 8.00. The van der Waals surface area contributed by atoms with Gasteiger partial charge in [0, 0.05) is 13.2 Å². The van der Waals surface area contributed by atoms with Gasteiger partial charge in [0.1, 0.15) is 5.82 Å². The fraction of sp³-hybridized carbons (Fsp3) is 0.235. The van der Waals surface area contributed by atoms with Crippen molar-refractivity contribution in [1.82, 2.24) is 9.88 Å². The Hall–Kier alpha value is -2.39. The minimum Gasteiger partial charge on any atom is -0.338 e. The maximum Gasteiger partial charge on any atom is 0.233 e. The summed E-state index contributed by atoms with van der Waals surface area (Å²) in [5.74, 6) is -0.130. The van der Waals surface area contributed by atoms with Gasteiger partial charge in [-0.05, 0) is 36.8 Å². The molecule has 0 saturated heterocycles. The summed E-state index contributed by atoms with van der Waals surface area (Å²) in [4.78, 5) is 18.0. The molecular weight excluding hydrogens is 313 g/mol. The van der Waals surface area contributed by atoms with Gasteiger partial charge in [-0.3, -0.25) is 4.79 Å². The maximum absolute atomic E-state index is 13.0. The van der Waals surface area contributed by atoms with E-state index in [0.29, 0.717) is 10.6 Å². The van der Waals surface area contributed by atoms with Crippen LogP contribution in [-0.4, -0.2) is 28.6 Å². The molecule has 2 aromatic rings. The number of halogens is 1. The van der Waals surface area contributed by atoms with E-state index in [2.05, 4.69) is 4.98 Å². The van der Waals surface area contributed by atoms with Gasteiger partial charge in [0.2, 0.25) is 5.91 Å². The van der Waals surface area contributed by atoms with Crippen LogP contribution in [0.2, 0.25) is 0 Å². The van der Waals surface area contributed by atoms with Gasteiger partial charge in [0.05, 0.1) is 28.5 Å². The van der Waals surface area contributed by atoms with E-state index in [4.69, 9.17) is 5.26 Å². The normalized spacial score (nSPS) is 11.6. The van der Waals surface area contributed by atoms with E-state index in [1.54, 1.807) is 42.4 Å². The number of nitriles is 1. The summed E-state index contributed by atoms with van der Waals surface area (Å²) in [5, 5.41) is 9.50. The van der Waals surface area contributed by atoms with Crippen LogP contribution in [0.3, 0.4) is 0 Å². The smallest absolute Gasteiger partial charge is 0.233 e. The van der Waals surface area contributed by atoms with Gasteiger partial charge in [0.15, 0.2) is 0 Å². The van der Waals surface area contributed by atoms with Crippen molar-refractivity contribution < 1.29 is 9.18 Å². The van der Waals surface area contributed by atoms with Gasteiger partial charge in [-0.15, -0.1) is 0 Å². The Morgan fingerprint density at radius 1 is 1.39 bits per heavy atom. The Kier molecular flexibility index (Phi) is 5.72. The zero-order valence-electron chi connectivity index (χ0n) is 12.9. The molecule has 1 amide bonds. The van der Waals surface area contributed by atoms with E-state index in [1.165, 1.54) is 23.9 Å². The molecule has 0 aliphatic carbocycles. The lowest BCUT2D eigenvalue weighted by Crippen LogP contribution is -2.31. The number of thioether (sulfide) groups is 1. The van der Waals surface area contributed by atoms with Crippen molar-refractivity contribution in [3.05, 3.63) is 59.5 Å². The summed E-state index contributed by atoms with van der Waals surface area (Å²) in [7, 11) is 1.72. The summed E-state index contributed by atoms with van der Waals surface area (Å²) in [6, 6.07) is 11.3. The average Bonchev–Trinajstić information content (AvgIpc) is 2.59. The van der Waals surface area contributed by atoms with Crippen molar-refractivity contribution in [2.45, 2.75) is 18.0 Å². The fourth-order valence-corrected chi connectivity index (χ4v) is 2.80. The van der Waals surface area contributed by atoms with Crippen molar-refractivity contribution in [2.24, 2.45) is 0 Å². The molecule has 6 heteroatoms. The Labute approximate surface area is 139 Å². The number of hydrogen-bond acceptors (Lipinski definition) is 4. The molecule has 0 N–H and O–H groups in total. The molecular formula is C17H16FN3OS. The van der Waals surface area contributed by atoms with Gasteiger partial charge in [0.25, 0.3) is 0 Å². The highest BCUT2D eigenvalue weighted by Crippen LogP contribution is 2.22. The third-order valence-corrected chi connectivity index (χ3v) is 4.44. The number of pyridine rings is 1. The number of hydrogen-bond donors (Lipinski definition) is 0. The van der Waals surface area contributed by atoms with Crippen molar-refractivity contribution in [1.29, 1.82) is 5.26 Å². The molecule has 0 fully saturated rings. The van der Waals surface area contributed by atoms with Crippen LogP contribution in [0.15, 0.2) is 47.6 Å². The standard InChI is InChI=1S/C17H16FN3OS/c1-12(14-3-5-15(18)6-4-14)21(2)17(22)11-23-16-9-13(10-19)7-8-20-16/h3-9,12H,11H2,1-2H3/t12-/m0/s1. The van der Waals surface area contributed by atoms with E-state index in [1.807, 2.05) is 13.0 Å². The first-order chi connectivity index (χ1) is 11.0. The Balaban J connectivity index is 1.96. The van der Waals surface area contributed by atoms with E-state index < -0.39 is 0 Å². The van der Waals surface area contributed by atoms with Gasteiger partial charge in [-0.1, -0.05) is 23.9 Å². The van der Waals surface area contributed by atoms with Gasteiger partial charge < -0.3 is 4.90 Å². The molecule has 1 aromatic heterocycles. The van der Waals surface area contributed by atoms with Gasteiger partial charge >= 0.3 is 0 Å². The summed E-state index contributed by atoms with van der Waals surface area (Å²) in [6.45, 7) is 1.89. The van der Waals surface area contributed by atoms with Gasteiger partial charge in [-0.2, -0.15) is 5.26 Å². The van der Waals surface area contributed by atoms with Gasteiger partial charge in [-0.25, -0.2) is 9.37 Å². The second-order valence-electron chi connectivity index (χ2n) is 5.02. The quantitative estimate of drug-likeness (QED) is 0.789. The SMILES string of the molecule is C[C@@H](c1ccc(F)cc1)N(C)C(=O)CSc1cc(C#N)ccn1. The van der Waals surface area contributed by atoms with Crippen molar-refractivity contribution in [3.8, 4) is 6.07 Å². The van der Waals surface area contributed by atoms with E-state index in [0.717, 1.165) is 5.56 Å². The van der Waals surface area contributed by atoms with Crippen molar-refractivity contribution in [2.75, 3.05) is 12.8 Å². The molecule has 1 heterocycles. The summed E-state index contributed by atoms with van der Waals surface area (Å²) < 4.78 is 13.0. The highest BCUT2D eigenvalue weighted by atomic mass is 32.2. The minimum atomic E-state index is -0.297. The summed E-state index contributed by atoms with van der Waals surface area (Å²) in [5.41, 5.74) is 1.39. The van der Waals surface area contributed by atoms with Crippen molar-refractivity contribution in [3.63, 3.8) is 0 Å². The number of carbonyl (C=O) groups excluding carboxylic acids is 1. The topological polar surface area (TPSA) is 57.0 Å². The Morgan fingerprint density at radius 3 is 2.74 bits per heavy atom. The lowest BCUT2D eigenvalue weighted by atomic mass is 10.1. The zero-order chi connectivity index (χ0) is 16.8. The molecule has 0 unspecified atom stereocenters. The van der Waals surface area contributed by atoms with Crippen molar-refractivity contribution >= 4 is 17.7 Å². The number of rotatable bonds is 5. The van der Waals surface area contributed by atoms with Crippen LogP contribution in [0.25, 0.3) is 0 Å². The number of benzene rings is 1. The molecule has 0 saturated carbocycles. The molecule has 0 aliphatic rings. The predicted molar refractivity (Wildman–Crippen MR) is 87.3 cm³/mol. The fourth-order valence-electron chi connectivity index (χ4n) is 1.98. The van der Waals surface area contributed by atoms with Crippen LogP contribution in [0.4, 0.5) is 4.39 Å². The van der Waals surface area contributed by atoms with Crippen LogP contribution in [0.5, 0.6) is 0 Å². The lowest BCUT2D eigenvalue weighted by molar-refractivity contribution is -0.128. The van der Waals surface area contributed by atoms with E-state index in [-0.39, 0.29) is 23.5 Å². The second kappa shape index (κ2) is 7.75. The van der Waals surface area contributed by atoms with Crippen LogP contribution >= 0.6 is 11.8 Å². The van der Waals surface area contributed by atoms with Crippen LogP contribution in [0.1, 0.15) is 24.1 Å². The predicted octanol–water partition coefficient (Wildman–Crippen LogP) is 3.40. The van der Waals surface area contributed by atoms with Crippen LogP contribution < -0.4 is 0 Å². The number of amides is 1. The minimum absolute atomic E-state index is 0.0593. The Bertz CT molecular complexity index is 727. The number of nitrogens with zero attached hydrogens (tertiary/aromatic N) is 3. The zero-order valence-corrected chi connectivity index (χ0v) is 13.7. The lowest BCUT2D eigenvalue weighted by Gasteiger charge is -2.25. The third-order valence-electron chi connectivity index (χ3n) is 3.53. The molecule has 0 bridgehead atoms. The average molecular weight is 329 g/mol. The van der Waals surface area contributed by atoms with E-state index >= 15 is 0 Å². The molecule has 4 nitrogen and oxygen atoms in total. The molecule has 1 aromatic carbocycles. The largest absolute Gasteiger partial charge is 0.338 e. The number of aromatic nitrogens is 1.